The Kier molecular flexibility index (Phi) is 3.71. The molecule has 0 aliphatic carbocycles. The second kappa shape index (κ2) is 6.12. The second-order valence-electron chi connectivity index (χ2n) is 7.77. The summed E-state index contributed by atoms with van der Waals surface area (Å²) >= 11 is 0. The van der Waals surface area contributed by atoms with Crippen LogP contribution in [0, 0.1) is 0 Å². The SMILES string of the molecule is O=Cc1ccccc1-c1cc2c3c(c1)[C@@H]1CN(C(=O)O)CC[C@@H]1N3CCC2. The van der Waals surface area contributed by atoms with E-state index in [4.69, 9.17) is 0 Å². The number of anilines is 1. The number of likely N-dealkylation sites (tertiary alicyclic amines) is 1. The Morgan fingerprint density at radius 1 is 1.19 bits per heavy atom. The molecule has 1 N–H and O–H groups in total. The van der Waals surface area contributed by atoms with Crippen LogP contribution in [0.1, 0.15) is 40.2 Å². The van der Waals surface area contributed by atoms with E-state index in [-0.39, 0.29) is 5.92 Å². The van der Waals surface area contributed by atoms with E-state index in [2.05, 4.69) is 17.0 Å². The Morgan fingerprint density at radius 3 is 2.85 bits per heavy atom. The number of carbonyl (C=O) groups is 2. The molecule has 1 amide bonds. The number of fused-ring (bicyclic) bond motifs is 3. The maximum atomic E-state index is 11.5. The van der Waals surface area contributed by atoms with Gasteiger partial charge in [0.15, 0.2) is 6.29 Å². The Labute approximate surface area is 158 Å². The lowest BCUT2D eigenvalue weighted by molar-refractivity contribution is 0.112. The monoisotopic (exact) mass is 362 g/mol. The number of hydrogen-bond acceptors (Lipinski definition) is 3. The number of carboxylic acid groups (broad SMARTS) is 1. The van der Waals surface area contributed by atoms with Gasteiger partial charge in [-0.2, -0.15) is 0 Å². The van der Waals surface area contributed by atoms with Crippen LogP contribution in [-0.2, 0) is 6.42 Å². The molecule has 5 nitrogen and oxygen atoms in total. The number of piperidine rings is 1. The molecule has 138 valence electrons. The number of aldehydes is 1. The zero-order chi connectivity index (χ0) is 18.5. The molecule has 0 saturated carbocycles. The molecule has 2 aromatic rings. The van der Waals surface area contributed by atoms with Crippen molar-refractivity contribution in [1.29, 1.82) is 0 Å². The first-order valence-corrected chi connectivity index (χ1v) is 9.63. The number of aryl methyl sites for hydroxylation is 1. The molecule has 27 heavy (non-hydrogen) atoms. The van der Waals surface area contributed by atoms with E-state index in [1.807, 2.05) is 24.3 Å². The summed E-state index contributed by atoms with van der Waals surface area (Å²) in [5.74, 6) is 0.213. The smallest absolute Gasteiger partial charge is 0.407 e. The van der Waals surface area contributed by atoms with Crippen LogP contribution in [0.15, 0.2) is 36.4 Å². The summed E-state index contributed by atoms with van der Waals surface area (Å²) in [7, 11) is 0. The largest absolute Gasteiger partial charge is 0.465 e. The van der Waals surface area contributed by atoms with E-state index in [0.29, 0.717) is 24.7 Å². The van der Waals surface area contributed by atoms with Gasteiger partial charge in [0, 0.05) is 42.8 Å². The quantitative estimate of drug-likeness (QED) is 0.826. The van der Waals surface area contributed by atoms with Gasteiger partial charge in [0.05, 0.1) is 0 Å². The molecule has 3 aliphatic rings. The molecule has 0 radical (unpaired) electrons. The van der Waals surface area contributed by atoms with Gasteiger partial charge in [-0.3, -0.25) is 4.79 Å². The van der Waals surface area contributed by atoms with Crippen molar-refractivity contribution >= 4 is 18.1 Å². The Bertz CT molecular complexity index is 939. The van der Waals surface area contributed by atoms with Crippen LogP contribution in [0.5, 0.6) is 0 Å². The second-order valence-corrected chi connectivity index (χ2v) is 7.77. The highest BCUT2D eigenvalue weighted by atomic mass is 16.4. The Morgan fingerprint density at radius 2 is 2.04 bits per heavy atom. The first kappa shape index (κ1) is 16.4. The lowest BCUT2D eigenvalue weighted by Gasteiger charge is -2.39. The van der Waals surface area contributed by atoms with Crippen LogP contribution in [0.3, 0.4) is 0 Å². The zero-order valence-electron chi connectivity index (χ0n) is 15.1. The third-order valence-corrected chi connectivity index (χ3v) is 6.40. The molecule has 3 heterocycles. The molecule has 2 atom stereocenters. The molecule has 0 unspecified atom stereocenters. The highest BCUT2D eigenvalue weighted by molar-refractivity contribution is 5.89. The topological polar surface area (TPSA) is 60.9 Å². The summed E-state index contributed by atoms with van der Waals surface area (Å²) in [5.41, 5.74) is 6.66. The van der Waals surface area contributed by atoms with Gasteiger partial charge < -0.3 is 14.9 Å². The van der Waals surface area contributed by atoms with Gasteiger partial charge >= 0.3 is 6.09 Å². The minimum atomic E-state index is -0.828. The van der Waals surface area contributed by atoms with Crippen molar-refractivity contribution in [2.75, 3.05) is 24.5 Å². The van der Waals surface area contributed by atoms with E-state index < -0.39 is 6.09 Å². The summed E-state index contributed by atoms with van der Waals surface area (Å²) in [5, 5.41) is 9.47. The van der Waals surface area contributed by atoms with Crippen molar-refractivity contribution < 1.29 is 14.7 Å². The minimum Gasteiger partial charge on any atom is -0.465 e. The molecular formula is C22H22N2O3. The first-order valence-electron chi connectivity index (χ1n) is 9.63. The maximum Gasteiger partial charge on any atom is 0.407 e. The fourth-order valence-corrected chi connectivity index (χ4v) is 5.24. The number of nitrogens with zero attached hydrogens (tertiary/aromatic N) is 2. The lowest BCUT2D eigenvalue weighted by Crippen LogP contribution is -2.48. The van der Waals surface area contributed by atoms with Gasteiger partial charge in [0.25, 0.3) is 0 Å². The van der Waals surface area contributed by atoms with Crippen LogP contribution in [-0.4, -0.2) is 48.1 Å². The average molecular weight is 362 g/mol. The minimum absolute atomic E-state index is 0.213. The first-order chi connectivity index (χ1) is 13.2. The van der Waals surface area contributed by atoms with E-state index >= 15 is 0 Å². The fourth-order valence-electron chi connectivity index (χ4n) is 5.24. The average Bonchev–Trinajstić information content (AvgIpc) is 3.03. The number of benzene rings is 2. The lowest BCUT2D eigenvalue weighted by atomic mass is 9.86. The maximum absolute atomic E-state index is 11.5. The molecule has 5 rings (SSSR count). The molecule has 0 spiro atoms. The van der Waals surface area contributed by atoms with Gasteiger partial charge in [-0.15, -0.1) is 0 Å². The van der Waals surface area contributed by atoms with E-state index in [1.165, 1.54) is 16.8 Å². The van der Waals surface area contributed by atoms with Gasteiger partial charge in [-0.25, -0.2) is 4.79 Å². The number of amides is 1. The normalized spacial score (nSPS) is 23.0. The van der Waals surface area contributed by atoms with Crippen LogP contribution < -0.4 is 4.90 Å². The van der Waals surface area contributed by atoms with Crippen molar-refractivity contribution in [3.8, 4) is 11.1 Å². The molecule has 2 aromatic carbocycles. The summed E-state index contributed by atoms with van der Waals surface area (Å²) in [6, 6.07) is 12.5. The highest BCUT2D eigenvalue weighted by Crippen LogP contribution is 2.50. The highest BCUT2D eigenvalue weighted by Gasteiger charge is 2.44. The Hall–Kier alpha value is -2.82. The summed E-state index contributed by atoms with van der Waals surface area (Å²) < 4.78 is 0. The third kappa shape index (κ3) is 2.45. The van der Waals surface area contributed by atoms with Crippen molar-refractivity contribution in [3.63, 3.8) is 0 Å². The van der Waals surface area contributed by atoms with Crippen molar-refractivity contribution in [3.05, 3.63) is 53.1 Å². The molecular weight excluding hydrogens is 340 g/mol. The van der Waals surface area contributed by atoms with Gasteiger partial charge in [-0.1, -0.05) is 24.3 Å². The fraction of sp³-hybridized carbons (Fsp3) is 0.364. The molecule has 0 bridgehead atoms. The molecule has 0 aromatic heterocycles. The van der Waals surface area contributed by atoms with Gasteiger partial charge in [0.2, 0.25) is 0 Å². The summed E-state index contributed by atoms with van der Waals surface area (Å²) in [6.45, 7) is 2.22. The number of carbonyl (C=O) groups excluding carboxylic acids is 1. The number of hydrogen-bond donors (Lipinski definition) is 1. The Balaban J connectivity index is 1.65. The third-order valence-electron chi connectivity index (χ3n) is 6.40. The summed E-state index contributed by atoms with van der Waals surface area (Å²) in [4.78, 5) is 27.1. The predicted molar refractivity (Wildman–Crippen MR) is 104 cm³/mol. The van der Waals surface area contributed by atoms with Crippen LogP contribution in [0.4, 0.5) is 10.5 Å². The van der Waals surface area contributed by atoms with Gasteiger partial charge in [-0.05, 0) is 53.6 Å². The predicted octanol–water partition coefficient (Wildman–Crippen LogP) is 3.77. The van der Waals surface area contributed by atoms with Crippen LogP contribution >= 0.6 is 0 Å². The van der Waals surface area contributed by atoms with Crippen LogP contribution in [0.2, 0.25) is 0 Å². The molecule has 3 aliphatic heterocycles. The van der Waals surface area contributed by atoms with Crippen molar-refractivity contribution in [1.82, 2.24) is 4.90 Å². The van der Waals surface area contributed by atoms with Crippen LogP contribution in [0.25, 0.3) is 11.1 Å². The molecule has 5 heteroatoms. The van der Waals surface area contributed by atoms with E-state index in [0.717, 1.165) is 43.2 Å². The zero-order valence-corrected chi connectivity index (χ0v) is 15.1. The standard InChI is InChI=1S/C22H22N2O3/c25-13-15-4-1-2-6-17(15)16-10-14-5-3-8-24-20-7-9-23(22(26)27)12-19(20)18(11-16)21(14)24/h1-2,4,6,10-11,13,19-20H,3,5,7-9,12H2,(H,26,27)/t19-,20-/m0/s1. The molecule has 1 fully saturated rings. The number of rotatable bonds is 2. The van der Waals surface area contributed by atoms with E-state index in [9.17, 15) is 14.7 Å². The van der Waals surface area contributed by atoms with Gasteiger partial charge in [0.1, 0.15) is 0 Å². The molecule has 1 saturated heterocycles. The van der Waals surface area contributed by atoms with E-state index in [1.54, 1.807) is 4.90 Å². The van der Waals surface area contributed by atoms with Crippen molar-refractivity contribution in [2.24, 2.45) is 0 Å². The summed E-state index contributed by atoms with van der Waals surface area (Å²) in [6.07, 6.45) is 3.13. The van der Waals surface area contributed by atoms with Crippen molar-refractivity contribution in [2.45, 2.75) is 31.2 Å².